The average Bonchev–Trinajstić information content (AvgIpc) is 2.36. The van der Waals surface area contributed by atoms with Crippen molar-refractivity contribution in [1.82, 2.24) is 9.71 Å². The number of rotatable bonds is 3. The minimum Gasteiger partial charge on any atom is -0.416 e. The summed E-state index contributed by atoms with van der Waals surface area (Å²) in [5.41, 5.74) is 0. The third-order valence-corrected chi connectivity index (χ3v) is 1.35. The fourth-order valence-electron chi connectivity index (χ4n) is 0.887. The fourth-order valence-corrected chi connectivity index (χ4v) is 0.887. The number of hydrogen-bond acceptors (Lipinski definition) is 2. The summed E-state index contributed by atoms with van der Waals surface area (Å²) < 4.78 is 1.68. The lowest BCUT2D eigenvalue weighted by Crippen LogP contribution is -2.08. The summed E-state index contributed by atoms with van der Waals surface area (Å²) in [6.45, 7) is 2.12. The van der Waals surface area contributed by atoms with E-state index in [-0.39, 0.29) is 0 Å². The van der Waals surface area contributed by atoms with Gasteiger partial charge in [-0.15, -0.1) is 0 Å². The maximum atomic E-state index is 4.99. The Morgan fingerprint density at radius 2 is 2.50 bits per heavy atom. The molecule has 3 nitrogen and oxygen atoms in total. The molecule has 56 valence electrons. The van der Waals surface area contributed by atoms with Gasteiger partial charge in [0.2, 0.25) is 0 Å². The number of imidazole rings is 1. The second-order valence-corrected chi connectivity index (χ2v) is 2.10. The SMILES string of the molecule is CCCc1nccn1OC. The van der Waals surface area contributed by atoms with Gasteiger partial charge in [-0.3, -0.25) is 0 Å². The Kier molecular flexibility index (Phi) is 2.31. The van der Waals surface area contributed by atoms with Crippen molar-refractivity contribution in [2.75, 3.05) is 7.11 Å². The molecule has 0 fully saturated rings. The molecule has 1 aromatic heterocycles. The Morgan fingerprint density at radius 1 is 1.70 bits per heavy atom. The van der Waals surface area contributed by atoms with Crippen molar-refractivity contribution in [3.8, 4) is 0 Å². The summed E-state index contributed by atoms with van der Waals surface area (Å²) in [7, 11) is 1.64. The molecule has 1 rings (SSSR count). The van der Waals surface area contributed by atoms with Crippen LogP contribution in [0.5, 0.6) is 0 Å². The molecular weight excluding hydrogens is 128 g/mol. The molecule has 0 aliphatic rings. The van der Waals surface area contributed by atoms with Crippen LogP contribution in [0.25, 0.3) is 0 Å². The van der Waals surface area contributed by atoms with Crippen LogP contribution in [0.15, 0.2) is 12.4 Å². The molecule has 0 atom stereocenters. The zero-order valence-corrected chi connectivity index (χ0v) is 6.37. The molecule has 1 aromatic rings. The quantitative estimate of drug-likeness (QED) is 0.623. The van der Waals surface area contributed by atoms with Crippen LogP contribution in [0.2, 0.25) is 0 Å². The minimum atomic E-state index is 0.973. The highest BCUT2D eigenvalue weighted by Gasteiger charge is 1.98. The highest BCUT2D eigenvalue weighted by atomic mass is 16.6. The monoisotopic (exact) mass is 140 g/mol. The van der Waals surface area contributed by atoms with Crippen molar-refractivity contribution >= 4 is 0 Å². The van der Waals surface area contributed by atoms with Gasteiger partial charge in [0, 0.05) is 12.6 Å². The first-order valence-corrected chi connectivity index (χ1v) is 3.45. The van der Waals surface area contributed by atoms with Crippen molar-refractivity contribution in [2.24, 2.45) is 0 Å². The first-order chi connectivity index (χ1) is 4.88. The predicted octanol–water partition coefficient (Wildman–Crippen LogP) is 0.894. The number of nitrogens with zero attached hydrogens (tertiary/aromatic N) is 2. The van der Waals surface area contributed by atoms with Crippen LogP contribution in [0.1, 0.15) is 19.2 Å². The van der Waals surface area contributed by atoms with E-state index in [4.69, 9.17) is 4.84 Å². The van der Waals surface area contributed by atoms with E-state index in [0.29, 0.717) is 0 Å². The molecule has 0 saturated carbocycles. The third-order valence-electron chi connectivity index (χ3n) is 1.35. The van der Waals surface area contributed by atoms with Gasteiger partial charge in [-0.1, -0.05) is 6.92 Å². The zero-order chi connectivity index (χ0) is 7.40. The van der Waals surface area contributed by atoms with Gasteiger partial charge in [0.05, 0.1) is 6.20 Å². The van der Waals surface area contributed by atoms with Gasteiger partial charge in [-0.25, -0.2) is 4.98 Å². The second kappa shape index (κ2) is 3.25. The van der Waals surface area contributed by atoms with E-state index in [1.807, 2.05) is 6.20 Å². The molecule has 0 aliphatic heterocycles. The predicted molar refractivity (Wildman–Crippen MR) is 38.7 cm³/mol. The van der Waals surface area contributed by atoms with Gasteiger partial charge in [-0.2, -0.15) is 4.73 Å². The highest BCUT2D eigenvalue weighted by molar-refractivity contribution is 4.89. The standard InChI is InChI=1S/C7H12N2O/c1-3-4-7-8-5-6-9(7)10-2/h5-6H,3-4H2,1-2H3. The van der Waals surface area contributed by atoms with Gasteiger partial charge in [0.25, 0.3) is 0 Å². The molecule has 0 aliphatic carbocycles. The molecule has 10 heavy (non-hydrogen) atoms. The maximum Gasteiger partial charge on any atom is 0.144 e. The van der Waals surface area contributed by atoms with Gasteiger partial charge in [0.1, 0.15) is 12.9 Å². The molecule has 0 spiro atoms. The third kappa shape index (κ3) is 1.29. The van der Waals surface area contributed by atoms with Crippen LogP contribution in [0.4, 0.5) is 0 Å². The minimum absolute atomic E-state index is 0.973. The average molecular weight is 140 g/mol. The Morgan fingerprint density at radius 3 is 3.10 bits per heavy atom. The second-order valence-electron chi connectivity index (χ2n) is 2.10. The Balaban J connectivity index is 2.70. The van der Waals surface area contributed by atoms with Crippen molar-refractivity contribution in [2.45, 2.75) is 19.8 Å². The molecule has 0 aromatic carbocycles. The first-order valence-electron chi connectivity index (χ1n) is 3.45. The van der Waals surface area contributed by atoms with E-state index in [1.54, 1.807) is 18.0 Å². The molecule has 3 heteroatoms. The molecule has 0 radical (unpaired) electrons. The molecule has 0 N–H and O–H groups in total. The van der Waals surface area contributed by atoms with Gasteiger partial charge >= 0.3 is 0 Å². The Hall–Kier alpha value is -0.990. The van der Waals surface area contributed by atoms with Crippen molar-refractivity contribution in [1.29, 1.82) is 0 Å². The fraction of sp³-hybridized carbons (Fsp3) is 0.571. The van der Waals surface area contributed by atoms with Crippen LogP contribution >= 0.6 is 0 Å². The van der Waals surface area contributed by atoms with E-state index in [2.05, 4.69) is 11.9 Å². The van der Waals surface area contributed by atoms with Crippen molar-refractivity contribution in [3.63, 3.8) is 0 Å². The van der Waals surface area contributed by atoms with E-state index < -0.39 is 0 Å². The normalized spacial score (nSPS) is 9.80. The lowest BCUT2D eigenvalue weighted by Gasteiger charge is -2.02. The first kappa shape index (κ1) is 7.12. The van der Waals surface area contributed by atoms with Gasteiger partial charge < -0.3 is 4.84 Å². The smallest absolute Gasteiger partial charge is 0.144 e. The van der Waals surface area contributed by atoms with E-state index in [0.717, 1.165) is 18.7 Å². The van der Waals surface area contributed by atoms with Crippen molar-refractivity contribution in [3.05, 3.63) is 18.2 Å². The number of aromatic nitrogens is 2. The lowest BCUT2D eigenvalue weighted by atomic mass is 10.3. The zero-order valence-electron chi connectivity index (χ0n) is 6.37. The molecule has 0 bridgehead atoms. The van der Waals surface area contributed by atoms with Crippen LogP contribution in [0, 0.1) is 0 Å². The molecule has 0 saturated heterocycles. The summed E-state index contributed by atoms with van der Waals surface area (Å²) in [4.78, 5) is 9.11. The van der Waals surface area contributed by atoms with Gasteiger partial charge in [0.15, 0.2) is 0 Å². The van der Waals surface area contributed by atoms with Crippen LogP contribution in [-0.4, -0.2) is 16.8 Å². The van der Waals surface area contributed by atoms with Crippen LogP contribution in [-0.2, 0) is 6.42 Å². The topological polar surface area (TPSA) is 27.1 Å². The van der Waals surface area contributed by atoms with Crippen molar-refractivity contribution < 1.29 is 4.84 Å². The number of aryl methyl sites for hydroxylation is 1. The summed E-state index contributed by atoms with van der Waals surface area (Å²) in [5, 5.41) is 0. The van der Waals surface area contributed by atoms with Crippen LogP contribution in [0.3, 0.4) is 0 Å². The number of hydrogen-bond donors (Lipinski definition) is 0. The Bertz CT molecular complexity index is 195. The largest absolute Gasteiger partial charge is 0.416 e. The van der Waals surface area contributed by atoms with E-state index in [9.17, 15) is 0 Å². The van der Waals surface area contributed by atoms with Gasteiger partial charge in [-0.05, 0) is 6.42 Å². The maximum absolute atomic E-state index is 4.99. The van der Waals surface area contributed by atoms with Crippen LogP contribution < -0.4 is 4.84 Å². The summed E-state index contributed by atoms with van der Waals surface area (Å²) in [5.74, 6) is 0.991. The highest BCUT2D eigenvalue weighted by Crippen LogP contribution is 1.97. The molecular formula is C7H12N2O. The Labute approximate surface area is 60.6 Å². The molecule has 1 heterocycles. The van der Waals surface area contributed by atoms with E-state index in [1.165, 1.54) is 0 Å². The lowest BCUT2D eigenvalue weighted by molar-refractivity contribution is 0.158. The van der Waals surface area contributed by atoms with E-state index >= 15 is 0 Å². The molecule has 0 unspecified atom stereocenters. The molecule has 0 amide bonds. The summed E-state index contributed by atoms with van der Waals surface area (Å²) in [6.07, 6.45) is 5.63. The summed E-state index contributed by atoms with van der Waals surface area (Å²) in [6, 6.07) is 0. The summed E-state index contributed by atoms with van der Waals surface area (Å²) >= 11 is 0.